The molecule has 0 aliphatic heterocycles. The molecule has 37 heavy (non-hydrogen) atoms. The highest BCUT2D eigenvalue weighted by Gasteiger charge is 2.17. The molecule has 0 bridgehead atoms. The first-order chi connectivity index (χ1) is 18.0. The maximum atomic E-state index is 13.3. The molecule has 0 saturated carbocycles. The summed E-state index contributed by atoms with van der Waals surface area (Å²) in [4.78, 5) is 25.6. The number of aromatic nitrogens is 1. The van der Waals surface area contributed by atoms with Gasteiger partial charge in [0.05, 0.1) is 23.1 Å². The Labute approximate surface area is 213 Å². The summed E-state index contributed by atoms with van der Waals surface area (Å²) in [6.07, 6.45) is 1.44. The zero-order chi connectivity index (χ0) is 25.8. The zero-order valence-corrected chi connectivity index (χ0v) is 20.4. The number of aryl methyl sites for hydroxylation is 2. The van der Waals surface area contributed by atoms with Gasteiger partial charge in [-0.05, 0) is 66.6 Å². The Morgan fingerprint density at radius 3 is 2.46 bits per heavy atom. The molecule has 0 unspecified atom stereocenters. The molecular formula is C29H25N3O5. The number of nitrogens with one attached hydrogen (secondary N) is 2. The molecule has 2 amide bonds. The molecule has 0 atom stereocenters. The van der Waals surface area contributed by atoms with Crippen LogP contribution in [0.2, 0.25) is 0 Å². The predicted octanol–water partition coefficient (Wildman–Crippen LogP) is 5.80. The second kappa shape index (κ2) is 10.4. The number of rotatable bonds is 8. The highest BCUT2D eigenvalue weighted by atomic mass is 16.5. The molecule has 0 fully saturated rings. The molecule has 2 aromatic heterocycles. The van der Waals surface area contributed by atoms with Crippen LogP contribution in [0.3, 0.4) is 0 Å². The van der Waals surface area contributed by atoms with Gasteiger partial charge in [0.1, 0.15) is 18.1 Å². The van der Waals surface area contributed by atoms with Crippen molar-refractivity contribution < 1.29 is 23.3 Å². The topological polar surface area (TPSA) is 107 Å². The maximum Gasteiger partial charge on any atom is 0.291 e. The van der Waals surface area contributed by atoms with E-state index in [-0.39, 0.29) is 30.7 Å². The van der Waals surface area contributed by atoms with Crippen molar-refractivity contribution in [2.45, 2.75) is 27.0 Å². The van der Waals surface area contributed by atoms with Crippen LogP contribution in [0.4, 0.5) is 5.69 Å². The molecule has 3 aromatic carbocycles. The van der Waals surface area contributed by atoms with Crippen molar-refractivity contribution in [2.24, 2.45) is 0 Å². The minimum absolute atomic E-state index is 0.221. The molecule has 5 rings (SSSR count). The van der Waals surface area contributed by atoms with E-state index in [9.17, 15) is 9.59 Å². The van der Waals surface area contributed by atoms with E-state index in [0.29, 0.717) is 22.8 Å². The molecule has 8 nitrogen and oxygen atoms in total. The van der Waals surface area contributed by atoms with Crippen LogP contribution in [0.5, 0.6) is 5.75 Å². The van der Waals surface area contributed by atoms with Gasteiger partial charge in [-0.15, -0.1) is 0 Å². The van der Waals surface area contributed by atoms with Crippen LogP contribution in [0.1, 0.15) is 43.5 Å². The Hall–Kier alpha value is -4.85. The van der Waals surface area contributed by atoms with Crippen LogP contribution in [0.25, 0.3) is 10.8 Å². The first-order valence-corrected chi connectivity index (χ1v) is 11.8. The third-order valence-corrected chi connectivity index (χ3v) is 6.03. The Bertz CT molecular complexity index is 1550. The number of furan rings is 1. The minimum Gasteiger partial charge on any atom is -0.488 e. The predicted molar refractivity (Wildman–Crippen MR) is 139 cm³/mol. The minimum atomic E-state index is -0.345. The summed E-state index contributed by atoms with van der Waals surface area (Å²) in [6, 6.07) is 22.0. The van der Waals surface area contributed by atoms with E-state index in [1.165, 1.54) is 6.26 Å². The van der Waals surface area contributed by atoms with Gasteiger partial charge in [0.2, 0.25) is 0 Å². The van der Waals surface area contributed by atoms with Crippen LogP contribution < -0.4 is 15.4 Å². The number of ether oxygens (including phenoxy) is 1. The highest BCUT2D eigenvalue weighted by Crippen LogP contribution is 2.28. The van der Waals surface area contributed by atoms with Crippen molar-refractivity contribution in [1.82, 2.24) is 10.5 Å². The van der Waals surface area contributed by atoms with E-state index in [1.807, 2.05) is 62.4 Å². The quantitative estimate of drug-likeness (QED) is 0.282. The van der Waals surface area contributed by atoms with Crippen molar-refractivity contribution in [2.75, 3.05) is 5.32 Å². The van der Waals surface area contributed by atoms with E-state index in [1.54, 1.807) is 24.3 Å². The molecule has 0 radical (unpaired) electrons. The summed E-state index contributed by atoms with van der Waals surface area (Å²) in [5.41, 5.74) is 3.45. The van der Waals surface area contributed by atoms with Crippen molar-refractivity contribution in [3.8, 4) is 5.75 Å². The zero-order valence-electron chi connectivity index (χ0n) is 20.4. The average Bonchev–Trinajstić information content (AvgIpc) is 3.56. The molecule has 0 aliphatic rings. The lowest BCUT2D eigenvalue weighted by Crippen LogP contribution is -2.23. The second-order valence-electron chi connectivity index (χ2n) is 8.60. The Kier molecular flexibility index (Phi) is 6.72. The number of hydrogen-bond acceptors (Lipinski definition) is 6. The Morgan fingerprint density at radius 1 is 0.919 bits per heavy atom. The molecule has 0 saturated heterocycles. The third-order valence-electron chi connectivity index (χ3n) is 6.03. The van der Waals surface area contributed by atoms with Gasteiger partial charge in [0.15, 0.2) is 5.76 Å². The first kappa shape index (κ1) is 23.9. The second-order valence-corrected chi connectivity index (χ2v) is 8.60. The number of benzene rings is 3. The van der Waals surface area contributed by atoms with Gasteiger partial charge < -0.3 is 24.3 Å². The molecular weight excluding hydrogens is 470 g/mol. The van der Waals surface area contributed by atoms with E-state index < -0.39 is 0 Å². The molecule has 8 heteroatoms. The van der Waals surface area contributed by atoms with E-state index >= 15 is 0 Å². The van der Waals surface area contributed by atoms with Gasteiger partial charge in [-0.3, -0.25) is 9.59 Å². The van der Waals surface area contributed by atoms with Gasteiger partial charge in [0.25, 0.3) is 11.8 Å². The van der Waals surface area contributed by atoms with E-state index in [2.05, 4.69) is 15.8 Å². The van der Waals surface area contributed by atoms with E-state index in [4.69, 9.17) is 13.7 Å². The maximum absolute atomic E-state index is 13.3. The number of nitrogens with zero attached hydrogens (tertiary/aromatic N) is 1. The summed E-state index contributed by atoms with van der Waals surface area (Å²) in [7, 11) is 0. The monoisotopic (exact) mass is 495 g/mol. The Morgan fingerprint density at radius 2 is 1.73 bits per heavy atom. The van der Waals surface area contributed by atoms with Gasteiger partial charge in [-0.1, -0.05) is 41.6 Å². The van der Waals surface area contributed by atoms with Gasteiger partial charge >= 0.3 is 0 Å². The largest absolute Gasteiger partial charge is 0.488 e. The molecule has 5 aromatic rings. The number of fused-ring (bicyclic) bond motifs is 1. The standard InChI is InChI=1S/C29H25N3O5/c1-18-25(19(2)37-32-18)17-36-27-15-22-9-4-3-8-21(22)14-24(27)28(33)30-16-20-7-5-10-23(13-20)31-29(34)26-11-6-12-35-26/h3-15H,16-17H2,1-2H3,(H,30,33)(H,31,34). The lowest BCUT2D eigenvalue weighted by molar-refractivity contribution is 0.0945. The van der Waals surface area contributed by atoms with E-state index in [0.717, 1.165) is 27.6 Å². The fraction of sp³-hybridized carbons (Fsp3) is 0.138. The summed E-state index contributed by atoms with van der Waals surface area (Å²) < 4.78 is 16.5. The molecule has 186 valence electrons. The number of hydrogen-bond donors (Lipinski definition) is 2. The number of carbonyl (C=O) groups is 2. The van der Waals surface area contributed by atoms with Crippen LogP contribution in [-0.2, 0) is 13.2 Å². The fourth-order valence-electron chi connectivity index (χ4n) is 4.01. The van der Waals surface area contributed by atoms with Crippen molar-refractivity contribution in [1.29, 1.82) is 0 Å². The number of anilines is 1. The fourth-order valence-corrected chi connectivity index (χ4v) is 4.01. The normalized spacial score (nSPS) is 10.9. The summed E-state index contributed by atoms with van der Waals surface area (Å²) in [5.74, 6) is 0.755. The summed E-state index contributed by atoms with van der Waals surface area (Å²) >= 11 is 0. The summed E-state index contributed by atoms with van der Waals surface area (Å²) in [6.45, 7) is 4.18. The lowest BCUT2D eigenvalue weighted by Gasteiger charge is -2.14. The van der Waals surface area contributed by atoms with Crippen molar-refractivity contribution >= 4 is 28.3 Å². The first-order valence-electron chi connectivity index (χ1n) is 11.8. The van der Waals surface area contributed by atoms with Gasteiger partial charge in [-0.25, -0.2) is 0 Å². The number of carbonyl (C=O) groups excluding carboxylic acids is 2. The molecule has 0 spiro atoms. The molecule has 2 heterocycles. The smallest absolute Gasteiger partial charge is 0.291 e. The molecule has 2 N–H and O–H groups in total. The Balaban J connectivity index is 1.32. The highest BCUT2D eigenvalue weighted by molar-refractivity contribution is 6.02. The van der Waals surface area contributed by atoms with Crippen molar-refractivity contribution in [3.63, 3.8) is 0 Å². The lowest BCUT2D eigenvalue weighted by atomic mass is 10.0. The van der Waals surface area contributed by atoms with Gasteiger partial charge in [-0.2, -0.15) is 0 Å². The third kappa shape index (κ3) is 5.38. The SMILES string of the molecule is Cc1noc(C)c1COc1cc2ccccc2cc1C(=O)NCc1cccc(NC(=O)c2ccco2)c1. The average molecular weight is 496 g/mol. The summed E-state index contributed by atoms with van der Waals surface area (Å²) in [5, 5.41) is 11.6. The molecule has 0 aliphatic carbocycles. The van der Waals surface area contributed by atoms with Crippen LogP contribution in [-0.4, -0.2) is 17.0 Å². The van der Waals surface area contributed by atoms with Gasteiger partial charge in [0, 0.05) is 12.2 Å². The van der Waals surface area contributed by atoms with Crippen molar-refractivity contribution in [3.05, 3.63) is 113 Å². The van der Waals surface area contributed by atoms with Crippen LogP contribution in [0.15, 0.2) is 88.0 Å². The number of amides is 2. The van der Waals surface area contributed by atoms with Crippen LogP contribution in [0, 0.1) is 13.8 Å². The van der Waals surface area contributed by atoms with Crippen LogP contribution >= 0.6 is 0 Å².